The van der Waals surface area contributed by atoms with Gasteiger partial charge in [-0.1, -0.05) is 0 Å². The summed E-state index contributed by atoms with van der Waals surface area (Å²) in [5.74, 6) is -0.539. The Kier molecular flexibility index (Phi) is 2.90. The highest BCUT2D eigenvalue weighted by Gasteiger charge is 1.92. The fraction of sp³-hybridized carbons (Fsp3) is 0.500. The SMILES string of the molecule is COCC(=O)C#N. The summed E-state index contributed by atoms with van der Waals surface area (Å²) >= 11 is 0. The van der Waals surface area contributed by atoms with E-state index in [2.05, 4.69) is 4.74 Å². The van der Waals surface area contributed by atoms with Crippen LogP contribution < -0.4 is 0 Å². The van der Waals surface area contributed by atoms with Gasteiger partial charge in [-0.3, -0.25) is 4.79 Å². The molecule has 0 spiro atoms. The van der Waals surface area contributed by atoms with Crippen LogP contribution in [-0.2, 0) is 9.53 Å². The fourth-order valence-electron chi connectivity index (χ4n) is 0.163. The van der Waals surface area contributed by atoms with Crippen LogP contribution in [0.25, 0.3) is 0 Å². The Morgan fingerprint density at radius 1 is 2.00 bits per heavy atom. The van der Waals surface area contributed by atoms with Crippen LogP contribution in [0.4, 0.5) is 0 Å². The standard InChI is InChI=1S/C4H5NO2/c1-7-3-4(6)2-5/h3H2,1H3. The predicted octanol–water partition coefficient (Wildman–Crippen LogP) is -0.275. The molecule has 0 unspecified atom stereocenters. The molecule has 38 valence electrons. The largest absolute Gasteiger partial charge is 0.376 e. The maximum Gasteiger partial charge on any atom is 0.257 e. The van der Waals surface area contributed by atoms with Gasteiger partial charge in [0.2, 0.25) is 0 Å². The van der Waals surface area contributed by atoms with Crippen molar-refractivity contribution in [2.24, 2.45) is 0 Å². The zero-order valence-corrected chi connectivity index (χ0v) is 3.97. The molecule has 0 aliphatic carbocycles. The van der Waals surface area contributed by atoms with E-state index in [9.17, 15) is 4.79 Å². The van der Waals surface area contributed by atoms with Gasteiger partial charge in [-0.25, -0.2) is 0 Å². The number of ketones is 1. The predicted molar refractivity (Wildman–Crippen MR) is 22.5 cm³/mol. The summed E-state index contributed by atoms with van der Waals surface area (Å²) in [6, 6.07) is 1.40. The minimum atomic E-state index is -0.539. The smallest absolute Gasteiger partial charge is 0.257 e. The Balaban J connectivity index is 3.24. The Labute approximate surface area is 41.5 Å². The highest BCUT2D eigenvalue weighted by molar-refractivity contribution is 5.94. The number of carbonyl (C=O) groups is 1. The van der Waals surface area contributed by atoms with Crippen molar-refractivity contribution in [1.82, 2.24) is 0 Å². The molecule has 3 heteroatoms. The van der Waals surface area contributed by atoms with Gasteiger partial charge in [-0.15, -0.1) is 0 Å². The molecule has 0 bridgehead atoms. The fourth-order valence-corrected chi connectivity index (χ4v) is 0.163. The van der Waals surface area contributed by atoms with E-state index in [1.54, 1.807) is 0 Å². The van der Waals surface area contributed by atoms with Gasteiger partial charge in [-0.05, 0) is 0 Å². The van der Waals surface area contributed by atoms with E-state index < -0.39 is 5.78 Å². The van der Waals surface area contributed by atoms with Gasteiger partial charge in [0.25, 0.3) is 5.78 Å². The number of nitriles is 1. The summed E-state index contributed by atoms with van der Waals surface area (Å²) in [4.78, 5) is 9.93. The molecular formula is C4H5NO2. The molecule has 0 saturated heterocycles. The first-order valence-electron chi connectivity index (χ1n) is 1.73. The maximum absolute atomic E-state index is 9.93. The number of rotatable bonds is 2. The molecular weight excluding hydrogens is 94.0 g/mol. The van der Waals surface area contributed by atoms with Crippen molar-refractivity contribution in [2.75, 3.05) is 13.7 Å². The number of ether oxygens (including phenoxy) is 1. The Morgan fingerprint density at radius 2 is 2.57 bits per heavy atom. The van der Waals surface area contributed by atoms with E-state index in [1.807, 2.05) is 0 Å². The van der Waals surface area contributed by atoms with Crippen LogP contribution in [-0.4, -0.2) is 19.5 Å². The van der Waals surface area contributed by atoms with Crippen LogP contribution in [0.3, 0.4) is 0 Å². The van der Waals surface area contributed by atoms with Gasteiger partial charge in [0.05, 0.1) is 0 Å². The summed E-state index contributed by atoms with van der Waals surface area (Å²) in [5.41, 5.74) is 0. The monoisotopic (exact) mass is 99.0 g/mol. The van der Waals surface area contributed by atoms with Crippen LogP contribution in [0, 0.1) is 11.3 Å². The Morgan fingerprint density at radius 3 is 2.71 bits per heavy atom. The first kappa shape index (κ1) is 6.12. The minimum Gasteiger partial charge on any atom is -0.376 e. The van der Waals surface area contributed by atoms with E-state index in [-0.39, 0.29) is 6.61 Å². The Bertz CT molecular complexity index is 103. The molecule has 0 saturated carbocycles. The third kappa shape index (κ3) is 2.94. The summed E-state index contributed by atoms with van der Waals surface area (Å²) in [7, 11) is 1.37. The molecule has 0 aliphatic rings. The van der Waals surface area contributed by atoms with E-state index in [1.165, 1.54) is 13.2 Å². The van der Waals surface area contributed by atoms with Crippen molar-refractivity contribution < 1.29 is 9.53 Å². The molecule has 0 atom stereocenters. The summed E-state index contributed by atoms with van der Waals surface area (Å²) in [6.45, 7) is -0.101. The second-order valence-corrected chi connectivity index (χ2v) is 0.968. The normalized spacial score (nSPS) is 7.43. The second-order valence-electron chi connectivity index (χ2n) is 0.968. The molecule has 0 aromatic rings. The van der Waals surface area contributed by atoms with Gasteiger partial charge in [0, 0.05) is 7.11 Å². The summed E-state index contributed by atoms with van der Waals surface area (Å²) in [5, 5.41) is 7.79. The first-order valence-corrected chi connectivity index (χ1v) is 1.73. The lowest BCUT2D eigenvalue weighted by Gasteiger charge is -1.82. The Hall–Kier alpha value is -0.880. The number of hydrogen-bond acceptors (Lipinski definition) is 3. The van der Waals surface area contributed by atoms with Crippen molar-refractivity contribution in [3.8, 4) is 6.07 Å². The first-order chi connectivity index (χ1) is 3.31. The molecule has 0 amide bonds. The average molecular weight is 99.1 g/mol. The number of Topliss-reactive ketones (excluding diaryl/α,β-unsaturated/α-hetero) is 1. The van der Waals surface area contributed by atoms with Crippen LogP contribution >= 0.6 is 0 Å². The van der Waals surface area contributed by atoms with Crippen molar-refractivity contribution in [3.63, 3.8) is 0 Å². The van der Waals surface area contributed by atoms with Gasteiger partial charge < -0.3 is 4.74 Å². The van der Waals surface area contributed by atoms with Crippen LogP contribution in [0.2, 0.25) is 0 Å². The van der Waals surface area contributed by atoms with Crippen molar-refractivity contribution in [3.05, 3.63) is 0 Å². The van der Waals surface area contributed by atoms with E-state index in [0.29, 0.717) is 0 Å². The summed E-state index contributed by atoms with van der Waals surface area (Å²) < 4.78 is 4.32. The highest BCUT2D eigenvalue weighted by atomic mass is 16.5. The number of hydrogen-bond donors (Lipinski definition) is 0. The molecule has 0 radical (unpaired) electrons. The quantitative estimate of drug-likeness (QED) is 0.447. The van der Waals surface area contributed by atoms with Crippen molar-refractivity contribution in [1.29, 1.82) is 5.26 Å². The van der Waals surface area contributed by atoms with Crippen LogP contribution in [0.15, 0.2) is 0 Å². The van der Waals surface area contributed by atoms with Gasteiger partial charge >= 0.3 is 0 Å². The number of methoxy groups -OCH3 is 1. The lowest BCUT2D eigenvalue weighted by molar-refractivity contribution is -0.117. The van der Waals surface area contributed by atoms with E-state index in [0.717, 1.165) is 0 Å². The van der Waals surface area contributed by atoms with Crippen molar-refractivity contribution >= 4 is 5.78 Å². The molecule has 0 aromatic heterocycles. The zero-order chi connectivity index (χ0) is 5.70. The third-order valence-corrected chi connectivity index (χ3v) is 0.400. The highest BCUT2D eigenvalue weighted by Crippen LogP contribution is 1.66. The number of carbonyl (C=O) groups excluding carboxylic acids is 1. The average Bonchev–Trinajstić information content (AvgIpc) is 1.68. The summed E-state index contributed by atoms with van der Waals surface area (Å²) in [6.07, 6.45) is 0. The van der Waals surface area contributed by atoms with E-state index >= 15 is 0 Å². The lowest BCUT2D eigenvalue weighted by atomic mass is 10.5. The van der Waals surface area contributed by atoms with E-state index in [4.69, 9.17) is 5.26 Å². The number of nitrogens with zero attached hydrogens (tertiary/aromatic N) is 1. The van der Waals surface area contributed by atoms with Crippen LogP contribution in [0.5, 0.6) is 0 Å². The van der Waals surface area contributed by atoms with Gasteiger partial charge in [-0.2, -0.15) is 5.26 Å². The lowest BCUT2D eigenvalue weighted by Crippen LogP contribution is -2.01. The third-order valence-electron chi connectivity index (χ3n) is 0.400. The molecule has 0 fully saturated rings. The molecule has 0 aliphatic heterocycles. The molecule has 0 N–H and O–H groups in total. The zero-order valence-electron chi connectivity index (χ0n) is 3.97. The second kappa shape index (κ2) is 3.32. The van der Waals surface area contributed by atoms with Crippen molar-refractivity contribution in [2.45, 2.75) is 0 Å². The molecule has 0 heterocycles. The van der Waals surface area contributed by atoms with Crippen LogP contribution in [0.1, 0.15) is 0 Å². The molecule has 3 nitrogen and oxygen atoms in total. The van der Waals surface area contributed by atoms with Gasteiger partial charge in [0.15, 0.2) is 0 Å². The molecule has 7 heavy (non-hydrogen) atoms. The topological polar surface area (TPSA) is 50.1 Å². The molecule has 0 aromatic carbocycles. The molecule has 0 rings (SSSR count). The van der Waals surface area contributed by atoms with Gasteiger partial charge in [0.1, 0.15) is 12.7 Å². The maximum atomic E-state index is 9.93. The minimum absolute atomic E-state index is 0.101.